The minimum Gasteiger partial charge on any atom is -0.487 e. The predicted molar refractivity (Wildman–Crippen MR) is 73.7 cm³/mol. The highest BCUT2D eigenvalue weighted by molar-refractivity contribution is 5.33. The van der Waals surface area contributed by atoms with E-state index in [2.05, 4.69) is 13.8 Å². The molecule has 0 aliphatic heterocycles. The summed E-state index contributed by atoms with van der Waals surface area (Å²) in [6.07, 6.45) is 1.98. The molecule has 3 atom stereocenters. The van der Waals surface area contributed by atoms with Gasteiger partial charge >= 0.3 is 0 Å². The van der Waals surface area contributed by atoms with Crippen molar-refractivity contribution in [3.05, 3.63) is 29.6 Å². The van der Waals surface area contributed by atoms with Crippen molar-refractivity contribution in [1.29, 1.82) is 0 Å². The third kappa shape index (κ3) is 3.47. The molecule has 1 aromatic rings. The van der Waals surface area contributed by atoms with Gasteiger partial charge in [-0.2, -0.15) is 0 Å². The van der Waals surface area contributed by atoms with E-state index in [1.807, 2.05) is 6.92 Å². The van der Waals surface area contributed by atoms with Crippen molar-refractivity contribution in [3.63, 3.8) is 0 Å². The second-order valence-electron chi connectivity index (χ2n) is 5.95. The lowest BCUT2D eigenvalue weighted by Crippen LogP contribution is -2.39. The van der Waals surface area contributed by atoms with Crippen LogP contribution in [0.25, 0.3) is 0 Å². The van der Waals surface area contributed by atoms with Crippen molar-refractivity contribution >= 4 is 0 Å². The first-order valence-electron chi connectivity index (χ1n) is 7.08. The maximum Gasteiger partial charge on any atom is 0.126 e. The van der Waals surface area contributed by atoms with Crippen LogP contribution in [0.1, 0.15) is 38.7 Å². The molecule has 0 aromatic heterocycles. The summed E-state index contributed by atoms with van der Waals surface area (Å²) in [6.45, 7) is 6.30. The van der Waals surface area contributed by atoms with Crippen molar-refractivity contribution < 1.29 is 14.2 Å². The first-order valence-corrected chi connectivity index (χ1v) is 7.08. The molecule has 2 nitrogen and oxygen atoms in total. The Balaban J connectivity index is 2.09. The zero-order chi connectivity index (χ0) is 14.0. The monoisotopic (exact) mass is 266 g/mol. The smallest absolute Gasteiger partial charge is 0.126 e. The Labute approximate surface area is 114 Å². The van der Waals surface area contributed by atoms with Crippen molar-refractivity contribution in [2.45, 2.75) is 52.2 Å². The van der Waals surface area contributed by atoms with Crippen LogP contribution in [0.15, 0.2) is 18.2 Å². The van der Waals surface area contributed by atoms with Crippen LogP contribution in [0.4, 0.5) is 4.39 Å². The van der Waals surface area contributed by atoms with Gasteiger partial charge in [-0.05, 0) is 49.7 Å². The van der Waals surface area contributed by atoms with Gasteiger partial charge in [-0.25, -0.2) is 4.39 Å². The lowest BCUT2D eigenvalue weighted by Gasteiger charge is -2.35. The van der Waals surface area contributed by atoms with E-state index >= 15 is 0 Å². The van der Waals surface area contributed by atoms with E-state index in [1.54, 1.807) is 6.07 Å². The minimum absolute atomic E-state index is 0.221. The summed E-state index contributed by atoms with van der Waals surface area (Å²) >= 11 is 0. The van der Waals surface area contributed by atoms with Crippen LogP contribution in [0.5, 0.6) is 5.75 Å². The maximum atomic E-state index is 13.3. The van der Waals surface area contributed by atoms with Crippen LogP contribution in [0, 0.1) is 24.6 Å². The van der Waals surface area contributed by atoms with Gasteiger partial charge in [0.15, 0.2) is 0 Å². The zero-order valence-corrected chi connectivity index (χ0v) is 11.9. The Morgan fingerprint density at radius 2 is 2.05 bits per heavy atom. The van der Waals surface area contributed by atoms with Crippen LogP contribution >= 0.6 is 0 Å². The van der Waals surface area contributed by atoms with Crippen LogP contribution in [0.3, 0.4) is 0 Å². The SMILES string of the molecule is Cc1ccc(F)cc1OC1CC(C(C)C)CCC1O. The predicted octanol–water partition coefficient (Wildman–Crippen LogP) is 3.70. The van der Waals surface area contributed by atoms with Crippen molar-refractivity contribution in [2.24, 2.45) is 11.8 Å². The molecule has 1 aliphatic rings. The fourth-order valence-electron chi connectivity index (χ4n) is 2.74. The van der Waals surface area contributed by atoms with Crippen LogP contribution in [0.2, 0.25) is 0 Å². The van der Waals surface area contributed by atoms with Crippen LogP contribution in [-0.2, 0) is 0 Å². The topological polar surface area (TPSA) is 29.5 Å². The molecule has 0 spiro atoms. The number of aliphatic hydroxyl groups is 1. The van der Waals surface area contributed by atoms with Gasteiger partial charge in [0.1, 0.15) is 17.7 Å². The Morgan fingerprint density at radius 3 is 2.74 bits per heavy atom. The molecule has 106 valence electrons. The highest BCUT2D eigenvalue weighted by Crippen LogP contribution is 2.33. The number of hydrogen-bond donors (Lipinski definition) is 1. The average molecular weight is 266 g/mol. The molecule has 0 amide bonds. The second kappa shape index (κ2) is 5.91. The van der Waals surface area contributed by atoms with E-state index in [0.717, 1.165) is 24.8 Å². The quantitative estimate of drug-likeness (QED) is 0.904. The van der Waals surface area contributed by atoms with E-state index in [9.17, 15) is 9.50 Å². The Bertz CT molecular complexity index is 431. The van der Waals surface area contributed by atoms with E-state index in [1.165, 1.54) is 12.1 Å². The van der Waals surface area contributed by atoms with Gasteiger partial charge in [0.05, 0.1) is 6.10 Å². The summed E-state index contributed by atoms with van der Waals surface area (Å²) in [5.74, 6) is 1.41. The zero-order valence-electron chi connectivity index (χ0n) is 11.9. The van der Waals surface area contributed by atoms with Crippen LogP contribution < -0.4 is 4.74 Å². The molecule has 0 saturated heterocycles. The minimum atomic E-state index is -0.447. The number of hydrogen-bond acceptors (Lipinski definition) is 2. The maximum absolute atomic E-state index is 13.3. The molecule has 19 heavy (non-hydrogen) atoms. The van der Waals surface area contributed by atoms with Gasteiger partial charge in [-0.15, -0.1) is 0 Å². The molecular weight excluding hydrogens is 243 g/mol. The standard InChI is InChI=1S/C16H23FO2/c1-10(2)12-5-7-14(18)16(8-12)19-15-9-13(17)6-4-11(15)3/h4,6,9-10,12,14,16,18H,5,7-8H2,1-3H3. The number of benzene rings is 1. The van der Waals surface area contributed by atoms with E-state index in [-0.39, 0.29) is 11.9 Å². The summed E-state index contributed by atoms with van der Waals surface area (Å²) in [5.41, 5.74) is 0.903. The molecule has 0 heterocycles. The van der Waals surface area contributed by atoms with Crippen molar-refractivity contribution in [2.75, 3.05) is 0 Å². The highest BCUT2D eigenvalue weighted by atomic mass is 19.1. The average Bonchev–Trinajstić information content (AvgIpc) is 2.36. The van der Waals surface area contributed by atoms with Crippen molar-refractivity contribution in [3.8, 4) is 5.75 Å². The normalized spacial score (nSPS) is 27.6. The van der Waals surface area contributed by atoms with Gasteiger partial charge in [0.25, 0.3) is 0 Å². The summed E-state index contributed by atoms with van der Waals surface area (Å²) in [5, 5.41) is 10.1. The summed E-state index contributed by atoms with van der Waals surface area (Å²) < 4.78 is 19.1. The molecule has 1 fully saturated rings. The Hall–Kier alpha value is -1.09. The Morgan fingerprint density at radius 1 is 1.32 bits per heavy atom. The number of halogens is 1. The van der Waals surface area contributed by atoms with Gasteiger partial charge in [0, 0.05) is 6.07 Å². The third-order valence-corrected chi connectivity index (χ3v) is 4.17. The van der Waals surface area contributed by atoms with Gasteiger partial charge < -0.3 is 9.84 Å². The molecular formula is C16H23FO2. The molecule has 0 radical (unpaired) electrons. The molecule has 1 saturated carbocycles. The number of rotatable bonds is 3. The molecule has 3 heteroatoms. The van der Waals surface area contributed by atoms with Gasteiger partial charge in [-0.1, -0.05) is 19.9 Å². The number of ether oxygens (including phenoxy) is 1. The van der Waals surface area contributed by atoms with E-state index in [4.69, 9.17) is 4.74 Å². The summed E-state index contributed by atoms with van der Waals surface area (Å²) in [7, 11) is 0. The molecule has 2 rings (SSSR count). The molecule has 1 N–H and O–H groups in total. The lowest BCUT2D eigenvalue weighted by molar-refractivity contribution is -0.0180. The summed E-state index contributed by atoms with van der Waals surface area (Å²) in [6, 6.07) is 4.54. The molecule has 0 bridgehead atoms. The molecule has 1 aliphatic carbocycles. The number of aryl methyl sites for hydroxylation is 1. The number of aliphatic hydroxyl groups excluding tert-OH is 1. The van der Waals surface area contributed by atoms with Crippen molar-refractivity contribution in [1.82, 2.24) is 0 Å². The first kappa shape index (κ1) is 14.3. The summed E-state index contributed by atoms with van der Waals surface area (Å²) in [4.78, 5) is 0. The fourth-order valence-corrected chi connectivity index (χ4v) is 2.74. The fraction of sp³-hybridized carbons (Fsp3) is 0.625. The first-order chi connectivity index (χ1) is 8.97. The van der Waals surface area contributed by atoms with Gasteiger partial charge in [-0.3, -0.25) is 0 Å². The van der Waals surface area contributed by atoms with Gasteiger partial charge in [0.2, 0.25) is 0 Å². The lowest BCUT2D eigenvalue weighted by atomic mass is 9.79. The van der Waals surface area contributed by atoms with E-state index in [0.29, 0.717) is 17.6 Å². The largest absolute Gasteiger partial charge is 0.487 e. The Kier molecular flexibility index (Phi) is 4.46. The van der Waals surface area contributed by atoms with Crippen LogP contribution in [-0.4, -0.2) is 17.3 Å². The highest BCUT2D eigenvalue weighted by Gasteiger charge is 2.32. The molecule has 3 unspecified atom stereocenters. The van der Waals surface area contributed by atoms with E-state index < -0.39 is 6.10 Å². The molecule has 1 aromatic carbocycles. The third-order valence-electron chi connectivity index (χ3n) is 4.17. The second-order valence-corrected chi connectivity index (χ2v) is 5.95.